The van der Waals surface area contributed by atoms with E-state index >= 15 is 0 Å². The quantitative estimate of drug-likeness (QED) is 0.228. The average Bonchev–Trinajstić information content (AvgIpc) is 2.88. The highest BCUT2D eigenvalue weighted by atomic mass is 32.2. The molecule has 10 nitrogen and oxygen atoms in total. The van der Waals surface area contributed by atoms with E-state index in [9.17, 15) is 23.3 Å². The molecule has 0 heterocycles. The molecule has 11 heteroatoms. The van der Waals surface area contributed by atoms with E-state index in [1.165, 1.54) is 79.9 Å². The van der Waals surface area contributed by atoms with Crippen LogP contribution >= 0.6 is 0 Å². The number of amides is 1. The Kier molecular flexibility index (Phi) is 8.50. The van der Waals surface area contributed by atoms with E-state index in [4.69, 9.17) is 18.8 Å². The first kappa shape index (κ1) is 26.8. The molecule has 0 bridgehead atoms. The van der Waals surface area contributed by atoms with Crippen molar-refractivity contribution in [2.45, 2.75) is 11.8 Å². The molecule has 0 saturated carbocycles. The van der Waals surface area contributed by atoms with Crippen LogP contribution in [0.3, 0.4) is 0 Å². The van der Waals surface area contributed by atoms with Crippen molar-refractivity contribution in [2.75, 3.05) is 19.0 Å². The van der Waals surface area contributed by atoms with E-state index in [2.05, 4.69) is 5.32 Å². The molecule has 0 aromatic heterocycles. The number of carboxylic acid groups (broad SMARTS) is 1. The Balaban J connectivity index is 1.86. The van der Waals surface area contributed by atoms with E-state index in [1.54, 1.807) is 13.0 Å². The lowest BCUT2D eigenvalue weighted by atomic mass is 10.1. The first-order chi connectivity index (χ1) is 17.7. The largest absolute Gasteiger partial charge is 0.497 e. The highest BCUT2D eigenvalue weighted by Gasteiger charge is 2.20. The minimum atomic E-state index is -4.19. The smallest absolute Gasteiger partial charge is 0.339 e. The van der Waals surface area contributed by atoms with Gasteiger partial charge in [-0.25, -0.2) is 4.79 Å². The maximum absolute atomic E-state index is 12.7. The highest BCUT2D eigenvalue weighted by molar-refractivity contribution is 7.87. The summed E-state index contributed by atoms with van der Waals surface area (Å²) >= 11 is 0. The monoisotopic (exact) mass is 522 g/mol. The summed E-state index contributed by atoms with van der Waals surface area (Å²) in [4.78, 5) is 23.7. The van der Waals surface area contributed by atoms with Gasteiger partial charge >= 0.3 is 16.1 Å². The lowest BCUT2D eigenvalue weighted by Crippen LogP contribution is -2.14. The van der Waals surface area contributed by atoms with Crippen LogP contribution in [0.15, 0.2) is 77.2 Å². The van der Waals surface area contributed by atoms with Crippen LogP contribution in [0.25, 0.3) is 6.08 Å². The maximum Gasteiger partial charge on any atom is 0.339 e. The molecule has 3 rings (SSSR count). The van der Waals surface area contributed by atoms with Crippen LogP contribution < -0.4 is 19.0 Å². The zero-order valence-electron chi connectivity index (χ0n) is 19.8. The number of anilines is 1. The number of ether oxygens (including phenoxy) is 2. The molecule has 190 valence electrons. The fraction of sp³-hybridized carbons (Fsp3) is 0.115. The number of nitrogens with one attached hydrogen (secondary N) is 1. The van der Waals surface area contributed by atoms with Crippen molar-refractivity contribution in [3.8, 4) is 23.3 Å². The van der Waals surface area contributed by atoms with Crippen LogP contribution in [0, 0.1) is 11.3 Å². The van der Waals surface area contributed by atoms with Crippen molar-refractivity contribution in [3.63, 3.8) is 0 Å². The summed E-state index contributed by atoms with van der Waals surface area (Å²) in [6.07, 6.45) is 1.28. The molecule has 3 aromatic rings. The number of carbonyl (C=O) groups excluding carboxylic acids is 1. The molecule has 0 aliphatic carbocycles. The first-order valence-corrected chi connectivity index (χ1v) is 12.2. The summed E-state index contributed by atoms with van der Waals surface area (Å²) in [5.74, 6) is -1.43. The third-order valence-corrected chi connectivity index (χ3v) is 6.11. The SMILES string of the molecule is CCOc1cc(/C=C(\C#N)C(=O)Nc2cccc(C(=O)O)c2)ccc1OS(=O)(=O)c1ccc(OC)cc1. The van der Waals surface area contributed by atoms with Gasteiger partial charge in [-0.05, 0) is 73.2 Å². The molecule has 0 radical (unpaired) electrons. The molecular weight excluding hydrogens is 500 g/mol. The number of aromatic carboxylic acids is 1. The second-order valence-corrected chi connectivity index (χ2v) is 8.91. The molecule has 0 aliphatic heterocycles. The van der Waals surface area contributed by atoms with Crippen molar-refractivity contribution in [2.24, 2.45) is 0 Å². The molecule has 0 spiro atoms. The topological polar surface area (TPSA) is 152 Å². The molecule has 0 saturated heterocycles. The van der Waals surface area contributed by atoms with E-state index in [-0.39, 0.29) is 39.8 Å². The third-order valence-electron chi connectivity index (χ3n) is 4.86. The number of carboxylic acids is 1. The number of nitrogens with zero attached hydrogens (tertiary/aromatic N) is 1. The highest BCUT2D eigenvalue weighted by Crippen LogP contribution is 2.32. The Morgan fingerprint density at radius 1 is 1.05 bits per heavy atom. The summed E-state index contributed by atoms with van der Waals surface area (Å²) in [6, 6.07) is 17.3. The van der Waals surface area contributed by atoms with Crippen molar-refractivity contribution < 1.29 is 36.8 Å². The van der Waals surface area contributed by atoms with Crippen LogP contribution in [-0.2, 0) is 14.9 Å². The van der Waals surface area contributed by atoms with Crippen molar-refractivity contribution >= 4 is 33.8 Å². The number of carbonyl (C=O) groups is 2. The van der Waals surface area contributed by atoms with Crippen molar-refractivity contribution in [3.05, 3.63) is 83.4 Å². The molecule has 37 heavy (non-hydrogen) atoms. The fourth-order valence-corrected chi connectivity index (χ4v) is 4.04. The molecule has 3 aromatic carbocycles. The Morgan fingerprint density at radius 3 is 2.41 bits per heavy atom. The minimum absolute atomic E-state index is 0.0261. The number of benzene rings is 3. The van der Waals surface area contributed by atoms with Gasteiger partial charge in [0.05, 0.1) is 19.3 Å². The van der Waals surface area contributed by atoms with Gasteiger partial charge in [-0.15, -0.1) is 0 Å². The lowest BCUT2D eigenvalue weighted by Gasteiger charge is -2.13. The zero-order valence-corrected chi connectivity index (χ0v) is 20.6. The first-order valence-electron chi connectivity index (χ1n) is 10.8. The van der Waals surface area contributed by atoms with E-state index < -0.39 is 22.0 Å². The maximum atomic E-state index is 12.7. The molecule has 0 atom stereocenters. The van der Waals surface area contributed by atoms with Gasteiger partial charge < -0.3 is 24.1 Å². The Bertz CT molecular complexity index is 1490. The van der Waals surface area contributed by atoms with Gasteiger partial charge in [0.1, 0.15) is 22.3 Å². The Hall–Kier alpha value is -4.82. The van der Waals surface area contributed by atoms with Crippen LogP contribution in [0.5, 0.6) is 17.2 Å². The Morgan fingerprint density at radius 2 is 1.78 bits per heavy atom. The molecule has 0 unspecified atom stereocenters. The van der Waals surface area contributed by atoms with Crippen LogP contribution in [0.4, 0.5) is 5.69 Å². The van der Waals surface area contributed by atoms with Gasteiger partial charge in [0.25, 0.3) is 5.91 Å². The van der Waals surface area contributed by atoms with Crippen molar-refractivity contribution in [1.82, 2.24) is 0 Å². The summed E-state index contributed by atoms with van der Waals surface area (Å²) in [5, 5.41) is 21.1. The second-order valence-electron chi connectivity index (χ2n) is 7.36. The number of hydrogen-bond donors (Lipinski definition) is 2. The standard InChI is InChI=1S/C26H22N2O8S/c1-3-35-24-14-17(7-12-23(24)36-37(32,33)22-10-8-21(34-2)9-11-22)13-19(16-27)25(29)28-20-6-4-5-18(15-20)26(30)31/h4-15H,3H2,1-2H3,(H,28,29)(H,30,31)/b19-13+. The van der Waals surface area contributed by atoms with Crippen LogP contribution in [-0.4, -0.2) is 39.1 Å². The number of methoxy groups -OCH3 is 1. The van der Waals surface area contributed by atoms with Gasteiger partial charge in [-0.2, -0.15) is 13.7 Å². The fourth-order valence-electron chi connectivity index (χ4n) is 3.10. The number of nitriles is 1. The summed E-state index contributed by atoms with van der Waals surface area (Å²) in [6.45, 7) is 1.89. The van der Waals surface area contributed by atoms with E-state index in [0.29, 0.717) is 11.3 Å². The second kappa shape index (κ2) is 11.7. The van der Waals surface area contributed by atoms with Crippen LogP contribution in [0.2, 0.25) is 0 Å². The zero-order chi connectivity index (χ0) is 27.0. The molecular formula is C26H22N2O8S. The minimum Gasteiger partial charge on any atom is -0.497 e. The molecule has 2 N–H and O–H groups in total. The molecule has 0 aliphatic rings. The summed E-state index contributed by atoms with van der Waals surface area (Å²) in [5.41, 5.74) is 0.265. The van der Waals surface area contributed by atoms with Gasteiger partial charge in [-0.3, -0.25) is 4.79 Å². The molecule has 0 fully saturated rings. The predicted molar refractivity (Wildman–Crippen MR) is 134 cm³/mol. The predicted octanol–water partition coefficient (Wildman–Crippen LogP) is 4.11. The van der Waals surface area contributed by atoms with E-state index in [0.717, 1.165) is 0 Å². The number of rotatable bonds is 10. The summed E-state index contributed by atoms with van der Waals surface area (Å²) in [7, 11) is -2.73. The Labute approximate surface area is 213 Å². The van der Waals surface area contributed by atoms with Gasteiger partial charge in [0.2, 0.25) is 0 Å². The molecule has 1 amide bonds. The normalized spacial score (nSPS) is 11.2. The van der Waals surface area contributed by atoms with Gasteiger partial charge in [0, 0.05) is 5.69 Å². The van der Waals surface area contributed by atoms with Crippen molar-refractivity contribution in [1.29, 1.82) is 5.26 Å². The summed E-state index contributed by atoms with van der Waals surface area (Å²) < 4.78 is 41.3. The lowest BCUT2D eigenvalue weighted by molar-refractivity contribution is -0.112. The van der Waals surface area contributed by atoms with Gasteiger partial charge in [0.15, 0.2) is 11.5 Å². The average molecular weight is 523 g/mol. The van der Waals surface area contributed by atoms with Gasteiger partial charge in [-0.1, -0.05) is 12.1 Å². The van der Waals surface area contributed by atoms with Crippen LogP contribution in [0.1, 0.15) is 22.8 Å². The third kappa shape index (κ3) is 6.87. The van der Waals surface area contributed by atoms with E-state index in [1.807, 2.05) is 0 Å². The number of hydrogen-bond acceptors (Lipinski definition) is 8.